The summed E-state index contributed by atoms with van der Waals surface area (Å²) < 4.78 is 44.3. The van der Waals surface area contributed by atoms with Gasteiger partial charge >= 0.3 is 6.36 Å². The number of halogens is 3. The third kappa shape index (κ3) is 2.85. The molecule has 0 aromatic carbocycles. The lowest BCUT2D eigenvalue weighted by molar-refractivity contribution is -0.276. The molecule has 0 bridgehead atoms. The molecule has 0 aliphatic rings. The summed E-state index contributed by atoms with van der Waals surface area (Å²) in [5.74, 6) is -0.805. The summed E-state index contributed by atoms with van der Waals surface area (Å²) in [6, 6.07) is 1.23. The molecular weight excluding hydrogens is 227 g/mol. The summed E-state index contributed by atoms with van der Waals surface area (Å²) >= 11 is 0. The summed E-state index contributed by atoms with van der Waals surface area (Å²) in [7, 11) is 1.23. The first kappa shape index (κ1) is 12.3. The van der Waals surface area contributed by atoms with Gasteiger partial charge in [0.2, 0.25) is 11.8 Å². The van der Waals surface area contributed by atoms with Crippen LogP contribution in [0.2, 0.25) is 0 Å². The van der Waals surface area contributed by atoms with Gasteiger partial charge in [0.05, 0.1) is 7.11 Å². The lowest BCUT2D eigenvalue weighted by Crippen LogP contribution is -2.19. The highest BCUT2D eigenvalue weighted by Gasteiger charge is 2.33. The predicted molar refractivity (Wildman–Crippen MR) is 47.6 cm³/mol. The van der Waals surface area contributed by atoms with Crippen LogP contribution in [0.25, 0.3) is 0 Å². The van der Waals surface area contributed by atoms with Crippen molar-refractivity contribution in [2.24, 2.45) is 0 Å². The molecule has 0 atom stereocenters. The van der Waals surface area contributed by atoms with Gasteiger partial charge in [-0.05, 0) is 6.92 Å². The fourth-order valence-electron chi connectivity index (χ4n) is 1.02. The van der Waals surface area contributed by atoms with Crippen LogP contribution >= 0.6 is 0 Å². The number of aromatic nitrogens is 1. The predicted octanol–water partition coefficient (Wildman–Crippen LogP) is 2.11. The highest BCUT2D eigenvalue weighted by atomic mass is 19.4. The number of hydrogen-bond donors (Lipinski definition) is 0. The van der Waals surface area contributed by atoms with Crippen molar-refractivity contribution in [2.45, 2.75) is 13.3 Å². The first-order valence-electron chi connectivity index (χ1n) is 4.14. The Morgan fingerprint density at radius 1 is 1.44 bits per heavy atom. The van der Waals surface area contributed by atoms with E-state index in [9.17, 15) is 18.0 Å². The molecule has 1 heterocycles. The van der Waals surface area contributed by atoms with Crippen molar-refractivity contribution in [3.05, 3.63) is 17.2 Å². The highest BCUT2D eigenvalue weighted by molar-refractivity contribution is 5.78. The maximum absolute atomic E-state index is 12.0. The van der Waals surface area contributed by atoms with E-state index in [4.69, 9.17) is 0 Å². The number of hydrogen-bond acceptors (Lipinski definition) is 4. The number of aldehydes is 1. The van der Waals surface area contributed by atoms with Crippen molar-refractivity contribution in [3.8, 4) is 11.8 Å². The third-order valence-corrected chi connectivity index (χ3v) is 1.79. The first-order valence-corrected chi connectivity index (χ1v) is 4.14. The Labute approximate surface area is 89.0 Å². The molecule has 7 heteroatoms. The average molecular weight is 235 g/mol. The summed E-state index contributed by atoms with van der Waals surface area (Å²) in [5, 5.41) is 0. The third-order valence-electron chi connectivity index (χ3n) is 1.79. The number of carbonyl (C=O) groups is 1. The fraction of sp³-hybridized carbons (Fsp3) is 0.333. The van der Waals surface area contributed by atoms with E-state index in [1.165, 1.54) is 20.1 Å². The maximum atomic E-state index is 12.0. The molecule has 1 rings (SSSR count). The molecule has 0 aliphatic carbocycles. The van der Waals surface area contributed by atoms with Crippen LogP contribution in [0.5, 0.6) is 11.8 Å². The number of carbonyl (C=O) groups excluding carboxylic acids is 1. The van der Waals surface area contributed by atoms with Crippen LogP contribution in [0, 0.1) is 6.92 Å². The van der Waals surface area contributed by atoms with Crippen LogP contribution in [0.1, 0.15) is 15.9 Å². The van der Waals surface area contributed by atoms with E-state index in [1.54, 1.807) is 0 Å². The topological polar surface area (TPSA) is 48.4 Å². The summed E-state index contributed by atoms with van der Waals surface area (Å²) in [4.78, 5) is 14.1. The number of pyridine rings is 1. The Hall–Kier alpha value is -1.79. The van der Waals surface area contributed by atoms with Gasteiger partial charge in [-0.2, -0.15) is 4.98 Å². The zero-order valence-corrected chi connectivity index (χ0v) is 8.46. The molecule has 0 amide bonds. The zero-order valence-electron chi connectivity index (χ0n) is 8.46. The monoisotopic (exact) mass is 235 g/mol. The van der Waals surface area contributed by atoms with E-state index < -0.39 is 12.2 Å². The Balaban J connectivity index is 3.21. The summed E-state index contributed by atoms with van der Waals surface area (Å²) in [6.45, 7) is 1.30. The van der Waals surface area contributed by atoms with Gasteiger partial charge in [-0.15, -0.1) is 13.2 Å². The van der Waals surface area contributed by atoms with Gasteiger partial charge in [-0.1, -0.05) is 0 Å². The minimum absolute atomic E-state index is 0.00752. The molecule has 0 saturated heterocycles. The van der Waals surface area contributed by atoms with Crippen LogP contribution in [0.3, 0.4) is 0 Å². The minimum Gasteiger partial charge on any atom is -0.481 e. The molecule has 1 aromatic rings. The van der Waals surface area contributed by atoms with E-state index in [0.29, 0.717) is 6.29 Å². The zero-order chi connectivity index (χ0) is 12.3. The normalized spacial score (nSPS) is 11.1. The molecule has 88 valence electrons. The van der Waals surface area contributed by atoms with Crippen LogP contribution in [-0.4, -0.2) is 24.7 Å². The van der Waals surface area contributed by atoms with Crippen molar-refractivity contribution in [2.75, 3.05) is 7.11 Å². The first-order chi connectivity index (χ1) is 7.37. The maximum Gasteiger partial charge on any atom is 0.574 e. The van der Waals surface area contributed by atoms with Crippen LogP contribution < -0.4 is 9.47 Å². The number of alkyl halides is 3. The van der Waals surface area contributed by atoms with Crippen molar-refractivity contribution in [1.29, 1.82) is 0 Å². The van der Waals surface area contributed by atoms with Crippen LogP contribution in [0.15, 0.2) is 6.07 Å². The number of nitrogens with zero attached hydrogens (tertiary/aromatic N) is 1. The highest BCUT2D eigenvalue weighted by Crippen LogP contribution is 2.28. The Morgan fingerprint density at radius 3 is 2.50 bits per heavy atom. The number of methoxy groups -OCH3 is 1. The van der Waals surface area contributed by atoms with Gasteiger partial charge in [0.1, 0.15) is 0 Å². The lowest BCUT2D eigenvalue weighted by atomic mass is 10.2. The van der Waals surface area contributed by atoms with Crippen molar-refractivity contribution < 1.29 is 27.4 Å². The van der Waals surface area contributed by atoms with E-state index in [-0.39, 0.29) is 17.0 Å². The van der Waals surface area contributed by atoms with Gasteiger partial charge in [0.25, 0.3) is 0 Å². The minimum atomic E-state index is -4.86. The molecule has 0 unspecified atom stereocenters. The number of rotatable bonds is 3. The number of ether oxygens (including phenoxy) is 2. The molecule has 0 N–H and O–H groups in total. The van der Waals surface area contributed by atoms with Gasteiger partial charge in [-0.3, -0.25) is 4.79 Å². The van der Waals surface area contributed by atoms with Gasteiger partial charge in [0.15, 0.2) is 6.29 Å². The molecular formula is C9H8F3NO3. The van der Waals surface area contributed by atoms with Crippen LogP contribution in [0.4, 0.5) is 13.2 Å². The van der Waals surface area contributed by atoms with Crippen molar-refractivity contribution >= 4 is 6.29 Å². The van der Waals surface area contributed by atoms with Crippen LogP contribution in [-0.2, 0) is 0 Å². The quantitative estimate of drug-likeness (QED) is 0.753. The largest absolute Gasteiger partial charge is 0.574 e. The van der Waals surface area contributed by atoms with E-state index in [1.807, 2.05) is 0 Å². The second-order valence-electron chi connectivity index (χ2n) is 2.85. The van der Waals surface area contributed by atoms with Crippen molar-refractivity contribution in [3.63, 3.8) is 0 Å². The average Bonchev–Trinajstić information content (AvgIpc) is 2.19. The molecule has 0 spiro atoms. The SMILES string of the molecule is COc1cc(C=O)c(C)c(OC(F)(F)F)n1. The molecule has 1 aromatic heterocycles. The van der Waals surface area contributed by atoms with E-state index >= 15 is 0 Å². The molecule has 0 fully saturated rings. The Kier molecular flexibility index (Phi) is 3.36. The van der Waals surface area contributed by atoms with E-state index in [2.05, 4.69) is 14.5 Å². The molecule has 0 saturated carbocycles. The second kappa shape index (κ2) is 4.38. The molecule has 0 aliphatic heterocycles. The summed E-state index contributed by atoms with van der Waals surface area (Å²) in [6.07, 6.45) is -4.45. The van der Waals surface area contributed by atoms with Gasteiger partial charge in [0, 0.05) is 17.2 Å². The molecule has 16 heavy (non-hydrogen) atoms. The molecule has 4 nitrogen and oxygen atoms in total. The summed E-state index contributed by atoms with van der Waals surface area (Å²) in [5.41, 5.74) is 0.0409. The lowest BCUT2D eigenvalue weighted by Gasteiger charge is -2.12. The van der Waals surface area contributed by atoms with Gasteiger partial charge in [-0.25, -0.2) is 0 Å². The standard InChI is InChI=1S/C9H8F3NO3/c1-5-6(4-14)3-7(15-2)13-8(5)16-9(10,11)12/h3-4H,1-2H3. The van der Waals surface area contributed by atoms with E-state index in [0.717, 1.165) is 0 Å². The van der Waals surface area contributed by atoms with Crippen molar-refractivity contribution in [1.82, 2.24) is 4.98 Å². The Morgan fingerprint density at radius 2 is 2.06 bits per heavy atom. The Bertz CT molecular complexity index is 404. The molecule has 0 radical (unpaired) electrons. The fourth-order valence-corrected chi connectivity index (χ4v) is 1.02. The second-order valence-corrected chi connectivity index (χ2v) is 2.85. The van der Waals surface area contributed by atoms with Gasteiger partial charge < -0.3 is 9.47 Å². The smallest absolute Gasteiger partial charge is 0.481 e.